The molecule has 1 aromatic heterocycles. The highest BCUT2D eigenvalue weighted by atomic mass is 16.5. The summed E-state index contributed by atoms with van der Waals surface area (Å²) in [4.78, 5) is 22.5. The number of rotatable bonds is 2. The maximum Gasteiger partial charge on any atom is 0.223 e. The summed E-state index contributed by atoms with van der Waals surface area (Å²) in [5.74, 6) is 1.05. The molecule has 1 N–H and O–H groups in total. The minimum Gasteiger partial charge on any atom is -0.381 e. The Labute approximate surface area is 124 Å². The molecule has 3 rings (SSSR count). The van der Waals surface area contributed by atoms with Gasteiger partial charge in [0.1, 0.15) is 0 Å². The van der Waals surface area contributed by atoms with E-state index in [4.69, 9.17) is 4.74 Å². The van der Waals surface area contributed by atoms with Crippen molar-refractivity contribution in [1.29, 1.82) is 0 Å². The molecule has 1 fully saturated rings. The van der Waals surface area contributed by atoms with Crippen molar-refractivity contribution in [1.82, 2.24) is 14.9 Å². The van der Waals surface area contributed by atoms with Gasteiger partial charge in [0.25, 0.3) is 0 Å². The first-order valence-electron chi connectivity index (χ1n) is 7.59. The molecule has 0 spiro atoms. The summed E-state index contributed by atoms with van der Waals surface area (Å²) < 4.78 is 5.36. The Bertz CT molecular complexity index is 528. The van der Waals surface area contributed by atoms with E-state index in [1.165, 1.54) is 0 Å². The molecule has 0 unspecified atom stereocenters. The molecule has 6 heteroatoms. The minimum absolute atomic E-state index is 0.102. The van der Waals surface area contributed by atoms with Gasteiger partial charge in [-0.25, -0.2) is 9.97 Å². The topological polar surface area (TPSA) is 67.4 Å². The number of hydrogen-bond acceptors (Lipinski definition) is 5. The van der Waals surface area contributed by atoms with Gasteiger partial charge in [-0.2, -0.15) is 0 Å². The van der Waals surface area contributed by atoms with Crippen LogP contribution < -0.4 is 5.32 Å². The minimum atomic E-state index is 0.102. The number of nitrogens with one attached hydrogen (secondary N) is 1. The average molecular weight is 290 g/mol. The largest absolute Gasteiger partial charge is 0.381 e. The van der Waals surface area contributed by atoms with Gasteiger partial charge >= 0.3 is 0 Å². The first-order chi connectivity index (χ1) is 10.1. The molecule has 0 saturated carbocycles. The summed E-state index contributed by atoms with van der Waals surface area (Å²) >= 11 is 0. The second kappa shape index (κ2) is 5.97. The Morgan fingerprint density at radius 2 is 2.19 bits per heavy atom. The van der Waals surface area contributed by atoms with Crippen LogP contribution in [-0.4, -0.2) is 46.6 Å². The van der Waals surface area contributed by atoms with Crippen LogP contribution in [0.15, 0.2) is 6.20 Å². The summed E-state index contributed by atoms with van der Waals surface area (Å²) in [6.07, 6.45) is 3.87. The number of carbonyl (C=O) groups excluding carboxylic acids is 1. The Morgan fingerprint density at radius 1 is 1.43 bits per heavy atom. The molecular weight excluding hydrogens is 268 g/mol. The van der Waals surface area contributed by atoms with E-state index in [-0.39, 0.29) is 11.8 Å². The van der Waals surface area contributed by atoms with Crippen molar-refractivity contribution in [2.45, 2.75) is 45.2 Å². The number of hydrogen-bond donors (Lipinski definition) is 1. The standard InChI is InChI=1S/C15H22N4O2/c1-10-8-19(11(2)20)9-14-13(10)7-16-15(18-14)17-12-3-5-21-6-4-12/h7,10,12H,3-6,8-9H2,1-2H3,(H,16,17,18)/t10-/m0/s1. The fourth-order valence-electron chi connectivity index (χ4n) is 2.97. The summed E-state index contributed by atoms with van der Waals surface area (Å²) in [7, 11) is 0. The number of ether oxygens (including phenoxy) is 1. The molecule has 1 amide bonds. The molecule has 0 aliphatic carbocycles. The van der Waals surface area contributed by atoms with E-state index in [9.17, 15) is 4.79 Å². The van der Waals surface area contributed by atoms with Crippen molar-refractivity contribution in [3.05, 3.63) is 17.5 Å². The zero-order valence-corrected chi connectivity index (χ0v) is 12.6. The van der Waals surface area contributed by atoms with Crippen LogP contribution in [-0.2, 0) is 16.1 Å². The van der Waals surface area contributed by atoms with E-state index in [1.54, 1.807) is 6.92 Å². The maximum atomic E-state index is 11.6. The highest BCUT2D eigenvalue weighted by molar-refractivity contribution is 5.73. The molecule has 1 aromatic rings. The Morgan fingerprint density at radius 3 is 2.90 bits per heavy atom. The fraction of sp³-hybridized carbons (Fsp3) is 0.667. The molecule has 1 saturated heterocycles. The molecule has 3 heterocycles. The van der Waals surface area contributed by atoms with Crippen LogP contribution in [0.25, 0.3) is 0 Å². The Hall–Kier alpha value is -1.69. The van der Waals surface area contributed by atoms with Crippen molar-refractivity contribution in [3.63, 3.8) is 0 Å². The average Bonchev–Trinajstić information content (AvgIpc) is 2.48. The fourth-order valence-corrected chi connectivity index (χ4v) is 2.97. The van der Waals surface area contributed by atoms with Crippen LogP contribution in [0.5, 0.6) is 0 Å². The van der Waals surface area contributed by atoms with Gasteiger partial charge in [-0.05, 0) is 18.4 Å². The van der Waals surface area contributed by atoms with Gasteiger partial charge in [-0.3, -0.25) is 4.79 Å². The van der Waals surface area contributed by atoms with Gasteiger partial charge in [-0.1, -0.05) is 6.92 Å². The van der Waals surface area contributed by atoms with E-state index in [0.717, 1.165) is 43.9 Å². The summed E-state index contributed by atoms with van der Waals surface area (Å²) in [6.45, 7) is 6.64. The third-order valence-corrected chi connectivity index (χ3v) is 4.27. The van der Waals surface area contributed by atoms with Crippen molar-refractivity contribution in [2.75, 3.05) is 25.1 Å². The van der Waals surface area contributed by atoms with Crippen molar-refractivity contribution < 1.29 is 9.53 Å². The van der Waals surface area contributed by atoms with E-state index >= 15 is 0 Å². The molecule has 2 aliphatic heterocycles. The third kappa shape index (κ3) is 3.15. The highest BCUT2D eigenvalue weighted by Crippen LogP contribution is 2.27. The number of anilines is 1. The molecule has 0 aromatic carbocycles. The lowest BCUT2D eigenvalue weighted by molar-refractivity contribution is -0.130. The molecule has 6 nitrogen and oxygen atoms in total. The van der Waals surface area contributed by atoms with Gasteiger partial charge in [-0.15, -0.1) is 0 Å². The van der Waals surface area contributed by atoms with Crippen LogP contribution >= 0.6 is 0 Å². The van der Waals surface area contributed by atoms with Gasteiger partial charge in [0.15, 0.2) is 0 Å². The van der Waals surface area contributed by atoms with E-state index in [1.807, 2.05) is 11.1 Å². The van der Waals surface area contributed by atoms with E-state index in [2.05, 4.69) is 22.2 Å². The first-order valence-corrected chi connectivity index (χ1v) is 7.59. The number of nitrogens with zero attached hydrogens (tertiary/aromatic N) is 3. The molecule has 0 bridgehead atoms. The SMILES string of the molecule is CC(=O)N1Cc2nc(NC3CCOCC3)ncc2[C@@H](C)C1. The first kappa shape index (κ1) is 14.3. The second-order valence-corrected chi connectivity index (χ2v) is 5.93. The summed E-state index contributed by atoms with van der Waals surface area (Å²) in [5.41, 5.74) is 2.12. The van der Waals surface area contributed by atoms with Crippen LogP contribution in [0.1, 0.15) is 43.9 Å². The Kier molecular flexibility index (Phi) is 4.05. The zero-order chi connectivity index (χ0) is 14.8. The van der Waals surface area contributed by atoms with E-state index < -0.39 is 0 Å². The molecule has 1 atom stereocenters. The number of amides is 1. The van der Waals surface area contributed by atoms with Crippen molar-refractivity contribution in [3.8, 4) is 0 Å². The molecular formula is C15H22N4O2. The lowest BCUT2D eigenvalue weighted by atomic mass is 9.96. The normalized spacial score (nSPS) is 22.8. The second-order valence-electron chi connectivity index (χ2n) is 5.93. The van der Waals surface area contributed by atoms with Gasteiger partial charge in [0.2, 0.25) is 11.9 Å². The number of carbonyl (C=O) groups is 1. The van der Waals surface area contributed by atoms with Gasteiger partial charge in [0.05, 0.1) is 12.2 Å². The predicted octanol–water partition coefficient (Wildman–Crippen LogP) is 1.53. The lowest BCUT2D eigenvalue weighted by Gasteiger charge is -2.31. The molecule has 21 heavy (non-hydrogen) atoms. The molecule has 2 aliphatic rings. The highest BCUT2D eigenvalue weighted by Gasteiger charge is 2.26. The van der Waals surface area contributed by atoms with Crippen LogP contribution in [0, 0.1) is 0 Å². The predicted molar refractivity (Wildman–Crippen MR) is 79.0 cm³/mol. The zero-order valence-electron chi connectivity index (χ0n) is 12.6. The number of fused-ring (bicyclic) bond motifs is 1. The summed E-state index contributed by atoms with van der Waals surface area (Å²) in [5, 5.41) is 3.38. The smallest absolute Gasteiger partial charge is 0.223 e. The van der Waals surface area contributed by atoms with Crippen molar-refractivity contribution >= 4 is 11.9 Å². The van der Waals surface area contributed by atoms with Crippen LogP contribution in [0.3, 0.4) is 0 Å². The lowest BCUT2D eigenvalue weighted by Crippen LogP contribution is -2.37. The third-order valence-electron chi connectivity index (χ3n) is 4.27. The van der Waals surface area contributed by atoms with Gasteiger partial charge < -0.3 is 15.0 Å². The maximum absolute atomic E-state index is 11.6. The quantitative estimate of drug-likeness (QED) is 0.894. The van der Waals surface area contributed by atoms with Crippen LogP contribution in [0.2, 0.25) is 0 Å². The monoisotopic (exact) mass is 290 g/mol. The number of aromatic nitrogens is 2. The summed E-state index contributed by atoms with van der Waals surface area (Å²) in [6, 6.07) is 0.377. The van der Waals surface area contributed by atoms with Gasteiger partial charge in [0, 0.05) is 44.8 Å². The van der Waals surface area contributed by atoms with E-state index in [0.29, 0.717) is 18.5 Å². The molecule has 0 radical (unpaired) electrons. The Balaban J connectivity index is 1.76. The van der Waals surface area contributed by atoms with Crippen LogP contribution in [0.4, 0.5) is 5.95 Å². The van der Waals surface area contributed by atoms with Crippen molar-refractivity contribution in [2.24, 2.45) is 0 Å². The molecule has 114 valence electrons.